The van der Waals surface area contributed by atoms with Gasteiger partial charge < -0.3 is 19.9 Å². The molecular weight excluding hydrogens is 372 g/mol. The fourth-order valence-corrected chi connectivity index (χ4v) is 3.93. The summed E-state index contributed by atoms with van der Waals surface area (Å²) in [7, 11) is 1.61. The molecule has 1 fully saturated rings. The topological polar surface area (TPSA) is 57.7 Å². The number of hydrogen-bond acceptors (Lipinski definition) is 6. The van der Waals surface area contributed by atoms with Crippen LogP contribution >= 0.6 is 11.3 Å². The standard InChI is InChI=1S/C21H22N4O2S/c1-27-19-8-2-16(3-9-19)20(26)23-17-4-6-18(7-5-17)24-11-13-25(14-12-24)21-22-10-15-28-21/h2-10,15H,11-14H2,1H3,(H,23,26). The molecule has 0 spiro atoms. The van der Waals surface area contributed by atoms with Crippen LogP contribution in [0.15, 0.2) is 60.1 Å². The van der Waals surface area contributed by atoms with Crippen molar-refractivity contribution in [2.45, 2.75) is 0 Å². The van der Waals surface area contributed by atoms with Crippen molar-refractivity contribution in [3.63, 3.8) is 0 Å². The smallest absolute Gasteiger partial charge is 0.255 e. The first-order valence-electron chi connectivity index (χ1n) is 9.18. The second kappa shape index (κ2) is 8.31. The second-order valence-corrected chi connectivity index (χ2v) is 7.39. The van der Waals surface area contributed by atoms with Gasteiger partial charge in [0, 0.05) is 54.7 Å². The number of hydrogen-bond donors (Lipinski definition) is 1. The number of ether oxygens (including phenoxy) is 1. The molecule has 0 unspecified atom stereocenters. The first-order chi connectivity index (χ1) is 13.7. The van der Waals surface area contributed by atoms with Gasteiger partial charge in [-0.3, -0.25) is 4.79 Å². The third-order valence-corrected chi connectivity index (χ3v) is 5.64. The molecule has 1 aliphatic rings. The van der Waals surface area contributed by atoms with E-state index in [1.54, 1.807) is 42.7 Å². The highest BCUT2D eigenvalue weighted by Gasteiger charge is 2.19. The minimum Gasteiger partial charge on any atom is -0.497 e. The van der Waals surface area contributed by atoms with Crippen molar-refractivity contribution in [3.8, 4) is 5.75 Å². The summed E-state index contributed by atoms with van der Waals surface area (Å²) in [6.45, 7) is 3.83. The van der Waals surface area contributed by atoms with Gasteiger partial charge in [0.15, 0.2) is 5.13 Å². The van der Waals surface area contributed by atoms with Crippen LogP contribution in [0.3, 0.4) is 0 Å². The summed E-state index contributed by atoms with van der Waals surface area (Å²) in [5.74, 6) is 0.600. The molecule has 0 aliphatic carbocycles. The summed E-state index contributed by atoms with van der Waals surface area (Å²) in [6, 6.07) is 15.1. The number of aromatic nitrogens is 1. The number of nitrogens with one attached hydrogen (secondary N) is 1. The van der Waals surface area contributed by atoms with Gasteiger partial charge >= 0.3 is 0 Å². The fourth-order valence-electron chi connectivity index (χ4n) is 3.23. The van der Waals surface area contributed by atoms with E-state index in [0.29, 0.717) is 5.56 Å². The predicted octanol–water partition coefficient (Wildman–Crippen LogP) is 3.73. The number of anilines is 3. The maximum absolute atomic E-state index is 12.4. The van der Waals surface area contributed by atoms with Crippen molar-refractivity contribution in [1.82, 2.24) is 4.98 Å². The van der Waals surface area contributed by atoms with Gasteiger partial charge in [-0.25, -0.2) is 4.98 Å². The van der Waals surface area contributed by atoms with Crippen LogP contribution in [0.4, 0.5) is 16.5 Å². The van der Waals surface area contributed by atoms with Crippen LogP contribution in [-0.4, -0.2) is 44.2 Å². The molecule has 144 valence electrons. The molecule has 1 saturated heterocycles. The molecule has 4 rings (SSSR count). The van der Waals surface area contributed by atoms with Crippen LogP contribution in [0.2, 0.25) is 0 Å². The Hall–Kier alpha value is -3.06. The number of rotatable bonds is 5. The number of thiazole rings is 1. The fraction of sp³-hybridized carbons (Fsp3) is 0.238. The Bertz CT molecular complexity index is 903. The van der Waals surface area contributed by atoms with Crippen molar-refractivity contribution in [3.05, 3.63) is 65.7 Å². The summed E-state index contributed by atoms with van der Waals surface area (Å²) >= 11 is 1.68. The lowest BCUT2D eigenvalue weighted by Crippen LogP contribution is -2.46. The monoisotopic (exact) mass is 394 g/mol. The van der Waals surface area contributed by atoms with E-state index in [-0.39, 0.29) is 5.91 Å². The Morgan fingerprint density at radius 3 is 2.29 bits per heavy atom. The average Bonchev–Trinajstić information content (AvgIpc) is 3.29. The van der Waals surface area contributed by atoms with Gasteiger partial charge in [0.05, 0.1) is 7.11 Å². The van der Waals surface area contributed by atoms with E-state index < -0.39 is 0 Å². The quantitative estimate of drug-likeness (QED) is 0.715. The van der Waals surface area contributed by atoms with Gasteiger partial charge in [-0.15, -0.1) is 11.3 Å². The summed E-state index contributed by atoms with van der Waals surface area (Å²) in [6.07, 6.45) is 1.85. The average molecular weight is 395 g/mol. The van der Waals surface area contributed by atoms with Crippen molar-refractivity contribution < 1.29 is 9.53 Å². The van der Waals surface area contributed by atoms with Gasteiger partial charge in [-0.05, 0) is 48.5 Å². The zero-order valence-corrected chi connectivity index (χ0v) is 16.5. The van der Waals surface area contributed by atoms with Gasteiger partial charge in [0.1, 0.15) is 5.75 Å². The lowest BCUT2D eigenvalue weighted by Gasteiger charge is -2.36. The minimum absolute atomic E-state index is 0.132. The van der Waals surface area contributed by atoms with E-state index in [0.717, 1.165) is 42.7 Å². The largest absolute Gasteiger partial charge is 0.497 e. The molecule has 2 aromatic carbocycles. The molecule has 0 atom stereocenters. The van der Waals surface area contributed by atoms with E-state index >= 15 is 0 Å². The van der Waals surface area contributed by atoms with E-state index in [9.17, 15) is 4.79 Å². The van der Waals surface area contributed by atoms with Crippen LogP contribution < -0.4 is 19.9 Å². The summed E-state index contributed by atoms with van der Waals surface area (Å²) in [5.41, 5.74) is 2.55. The molecule has 2 heterocycles. The maximum atomic E-state index is 12.4. The highest BCUT2D eigenvalue weighted by molar-refractivity contribution is 7.13. The molecule has 28 heavy (non-hydrogen) atoms. The van der Waals surface area contributed by atoms with Crippen molar-refractivity contribution >= 4 is 33.8 Å². The maximum Gasteiger partial charge on any atom is 0.255 e. The van der Waals surface area contributed by atoms with Gasteiger partial charge in [0.2, 0.25) is 0 Å². The predicted molar refractivity (Wildman–Crippen MR) is 114 cm³/mol. The zero-order valence-electron chi connectivity index (χ0n) is 15.7. The molecule has 7 heteroatoms. The van der Waals surface area contributed by atoms with E-state index in [1.807, 2.05) is 23.7 Å². The molecule has 6 nitrogen and oxygen atoms in total. The SMILES string of the molecule is COc1ccc(C(=O)Nc2ccc(N3CCN(c4nccs4)CC3)cc2)cc1. The Kier molecular flexibility index (Phi) is 5.43. The molecule has 1 aromatic heterocycles. The number of carbonyl (C=O) groups is 1. The number of benzene rings is 2. The first kappa shape index (κ1) is 18.3. The van der Waals surface area contributed by atoms with Crippen LogP contribution in [0.1, 0.15) is 10.4 Å². The molecule has 1 aliphatic heterocycles. The lowest BCUT2D eigenvalue weighted by molar-refractivity contribution is 0.102. The summed E-state index contributed by atoms with van der Waals surface area (Å²) < 4.78 is 5.12. The van der Waals surface area contributed by atoms with Gasteiger partial charge in [-0.1, -0.05) is 0 Å². The van der Waals surface area contributed by atoms with Crippen LogP contribution in [0.5, 0.6) is 5.75 Å². The van der Waals surface area contributed by atoms with E-state index in [2.05, 4.69) is 32.2 Å². The van der Waals surface area contributed by atoms with E-state index in [4.69, 9.17) is 4.74 Å². The number of methoxy groups -OCH3 is 1. The Morgan fingerprint density at radius 2 is 1.68 bits per heavy atom. The highest BCUT2D eigenvalue weighted by atomic mass is 32.1. The van der Waals surface area contributed by atoms with Gasteiger partial charge in [-0.2, -0.15) is 0 Å². The van der Waals surface area contributed by atoms with Crippen LogP contribution in [0.25, 0.3) is 0 Å². The zero-order chi connectivity index (χ0) is 19.3. The van der Waals surface area contributed by atoms with Crippen molar-refractivity contribution in [1.29, 1.82) is 0 Å². The van der Waals surface area contributed by atoms with Crippen LogP contribution in [0, 0.1) is 0 Å². The Labute approximate surface area is 168 Å². The molecule has 3 aromatic rings. The third kappa shape index (κ3) is 4.09. The molecule has 1 amide bonds. The lowest BCUT2D eigenvalue weighted by atomic mass is 10.2. The Morgan fingerprint density at radius 1 is 1.00 bits per heavy atom. The number of amides is 1. The van der Waals surface area contributed by atoms with Crippen molar-refractivity contribution in [2.24, 2.45) is 0 Å². The van der Waals surface area contributed by atoms with E-state index in [1.165, 1.54) is 5.69 Å². The summed E-state index contributed by atoms with van der Waals surface area (Å²) in [5, 5.41) is 6.05. The second-order valence-electron chi connectivity index (χ2n) is 6.52. The van der Waals surface area contributed by atoms with Crippen molar-refractivity contribution in [2.75, 3.05) is 48.4 Å². The molecular formula is C21H22N4O2S. The number of nitrogens with zero attached hydrogens (tertiary/aromatic N) is 3. The highest BCUT2D eigenvalue weighted by Crippen LogP contribution is 2.23. The molecule has 1 N–H and O–H groups in total. The normalized spacial score (nSPS) is 14.0. The number of carbonyl (C=O) groups excluding carboxylic acids is 1. The third-order valence-electron chi connectivity index (χ3n) is 4.81. The molecule has 0 bridgehead atoms. The summed E-state index contributed by atoms with van der Waals surface area (Å²) in [4.78, 5) is 21.5. The molecule has 0 radical (unpaired) electrons. The first-order valence-corrected chi connectivity index (χ1v) is 10.1. The minimum atomic E-state index is -0.132. The van der Waals surface area contributed by atoms with Gasteiger partial charge in [0.25, 0.3) is 5.91 Å². The number of piperazine rings is 1. The molecule has 0 saturated carbocycles. The Balaban J connectivity index is 1.34. The van der Waals surface area contributed by atoms with Crippen LogP contribution in [-0.2, 0) is 0 Å².